The lowest BCUT2D eigenvalue weighted by molar-refractivity contribution is -0.127. The zero-order valence-electron chi connectivity index (χ0n) is 9.19. The zero-order chi connectivity index (χ0) is 11.3. The second-order valence-electron chi connectivity index (χ2n) is 3.66. The average Bonchev–Trinajstić information content (AvgIpc) is 2.18. The summed E-state index contributed by atoms with van der Waals surface area (Å²) in [5.41, 5.74) is 0. The Kier molecular flexibility index (Phi) is 4.30. The molecule has 0 saturated carbocycles. The van der Waals surface area contributed by atoms with Crippen molar-refractivity contribution in [1.29, 1.82) is 0 Å². The number of carbonyl (C=O) groups excluding carboxylic acids is 2. The molecule has 0 unspecified atom stereocenters. The maximum Gasteiger partial charge on any atom is 0.248 e. The summed E-state index contributed by atoms with van der Waals surface area (Å²) < 4.78 is 0. The van der Waals surface area contributed by atoms with Crippen molar-refractivity contribution in [1.82, 2.24) is 15.1 Å². The Labute approximate surface area is 89.7 Å². The maximum absolute atomic E-state index is 11.6. The van der Waals surface area contributed by atoms with E-state index in [1.807, 2.05) is 7.05 Å². The van der Waals surface area contributed by atoms with Gasteiger partial charge in [-0.25, -0.2) is 0 Å². The van der Waals surface area contributed by atoms with E-state index in [0.29, 0.717) is 0 Å². The third-order valence-electron chi connectivity index (χ3n) is 2.33. The number of likely N-dealkylation sites (N-methyl/N-ethyl adjacent to an activating group) is 1. The SMILES string of the molecule is CC(=O)N/C=C/C(=O)N1CCN(C)CC1. The molecular weight excluding hydrogens is 194 g/mol. The van der Waals surface area contributed by atoms with Crippen LogP contribution >= 0.6 is 0 Å². The summed E-state index contributed by atoms with van der Waals surface area (Å²) in [5, 5.41) is 2.45. The summed E-state index contributed by atoms with van der Waals surface area (Å²) in [4.78, 5) is 26.1. The number of carbonyl (C=O) groups is 2. The number of hydrogen-bond donors (Lipinski definition) is 1. The van der Waals surface area contributed by atoms with E-state index in [1.54, 1.807) is 4.90 Å². The minimum absolute atomic E-state index is 0.0446. The van der Waals surface area contributed by atoms with Crippen molar-refractivity contribution < 1.29 is 9.59 Å². The second kappa shape index (κ2) is 5.50. The van der Waals surface area contributed by atoms with Crippen LogP contribution in [0.3, 0.4) is 0 Å². The highest BCUT2D eigenvalue weighted by Gasteiger charge is 2.16. The molecule has 1 aliphatic heterocycles. The van der Waals surface area contributed by atoms with E-state index < -0.39 is 0 Å². The van der Waals surface area contributed by atoms with E-state index in [9.17, 15) is 9.59 Å². The fourth-order valence-corrected chi connectivity index (χ4v) is 1.36. The molecule has 5 nitrogen and oxygen atoms in total. The number of amides is 2. The molecule has 1 N–H and O–H groups in total. The summed E-state index contributed by atoms with van der Waals surface area (Å²) in [6.07, 6.45) is 2.79. The Morgan fingerprint density at radius 1 is 1.20 bits per heavy atom. The van der Waals surface area contributed by atoms with Crippen molar-refractivity contribution in [3.8, 4) is 0 Å². The van der Waals surface area contributed by atoms with Gasteiger partial charge < -0.3 is 15.1 Å². The molecule has 1 aliphatic rings. The molecule has 1 rings (SSSR count). The highest BCUT2D eigenvalue weighted by Crippen LogP contribution is 1.99. The molecule has 1 fully saturated rings. The number of nitrogens with zero attached hydrogens (tertiary/aromatic N) is 2. The highest BCUT2D eigenvalue weighted by molar-refractivity contribution is 5.88. The lowest BCUT2D eigenvalue weighted by Gasteiger charge is -2.31. The monoisotopic (exact) mass is 211 g/mol. The predicted octanol–water partition coefficient (Wildman–Crippen LogP) is -0.590. The molecule has 0 spiro atoms. The van der Waals surface area contributed by atoms with Gasteiger partial charge in [-0.3, -0.25) is 9.59 Å². The minimum atomic E-state index is -0.169. The minimum Gasteiger partial charge on any atom is -0.337 e. The molecule has 0 aromatic carbocycles. The van der Waals surface area contributed by atoms with Gasteiger partial charge in [0.05, 0.1) is 0 Å². The third-order valence-corrected chi connectivity index (χ3v) is 2.33. The summed E-state index contributed by atoms with van der Waals surface area (Å²) in [7, 11) is 2.04. The van der Waals surface area contributed by atoms with Crippen molar-refractivity contribution in [2.45, 2.75) is 6.92 Å². The van der Waals surface area contributed by atoms with Gasteiger partial charge >= 0.3 is 0 Å². The smallest absolute Gasteiger partial charge is 0.248 e. The van der Waals surface area contributed by atoms with Gasteiger partial charge in [-0.2, -0.15) is 0 Å². The van der Waals surface area contributed by atoms with Crippen LogP contribution in [0.4, 0.5) is 0 Å². The molecule has 0 aromatic heterocycles. The van der Waals surface area contributed by atoms with Crippen LogP contribution in [-0.4, -0.2) is 54.8 Å². The van der Waals surface area contributed by atoms with Crippen molar-refractivity contribution >= 4 is 11.8 Å². The van der Waals surface area contributed by atoms with Gasteiger partial charge in [-0.15, -0.1) is 0 Å². The Morgan fingerprint density at radius 2 is 1.80 bits per heavy atom. The summed E-state index contributed by atoms with van der Waals surface area (Å²) in [6, 6.07) is 0. The second-order valence-corrected chi connectivity index (χ2v) is 3.66. The Hall–Kier alpha value is -1.36. The summed E-state index contributed by atoms with van der Waals surface area (Å²) >= 11 is 0. The predicted molar refractivity (Wildman–Crippen MR) is 57.0 cm³/mol. The maximum atomic E-state index is 11.6. The van der Waals surface area contributed by atoms with Gasteiger partial charge in [-0.05, 0) is 7.05 Å². The highest BCUT2D eigenvalue weighted by atomic mass is 16.2. The largest absolute Gasteiger partial charge is 0.337 e. The Bertz CT molecular complexity index is 268. The van der Waals surface area contributed by atoms with Gasteiger partial charge in [0.2, 0.25) is 11.8 Å². The molecular formula is C10H17N3O2. The van der Waals surface area contributed by atoms with Crippen molar-refractivity contribution in [2.24, 2.45) is 0 Å². The van der Waals surface area contributed by atoms with E-state index in [2.05, 4.69) is 10.2 Å². The molecule has 0 aromatic rings. The molecule has 84 valence electrons. The molecule has 0 atom stereocenters. The quantitative estimate of drug-likeness (QED) is 0.621. The molecule has 1 heterocycles. The third kappa shape index (κ3) is 4.12. The fourth-order valence-electron chi connectivity index (χ4n) is 1.36. The van der Waals surface area contributed by atoms with Gasteiger partial charge in [-0.1, -0.05) is 0 Å². The molecule has 0 aliphatic carbocycles. The molecule has 2 amide bonds. The topological polar surface area (TPSA) is 52.7 Å². The standard InChI is InChI=1S/C10H17N3O2/c1-9(14)11-4-3-10(15)13-7-5-12(2)6-8-13/h3-4H,5-8H2,1-2H3,(H,11,14)/b4-3+. The molecule has 5 heteroatoms. The number of piperazine rings is 1. The number of hydrogen-bond acceptors (Lipinski definition) is 3. The van der Waals surface area contributed by atoms with E-state index >= 15 is 0 Å². The van der Waals surface area contributed by atoms with Crippen LogP contribution < -0.4 is 5.32 Å². The van der Waals surface area contributed by atoms with Crippen LogP contribution in [-0.2, 0) is 9.59 Å². The molecule has 1 saturated heterocycles. The normalized spacial score (nSPS) is 18.1. The Morgan fingerprint density at radius 3 is 2.33 bits per heavy atom. The Balaban J connectivity index is 2.34. The van der Waals surface area contributed by atoms with Gasteiger partial charge in [0.15, 0.2) is 0 Å². The van der Waals surface area contributed by atoms with E-state index in [4.69, 9.17) is 0 Å². The molecule has 15 heavy (non-hydrogen) atoms. The molecule has 0 bridgehead atoms. The number of nitrogens with one attached hydrogen (secondary N) is 1. The van der Waals surface area contributed by atoms with Gasteiger partial charge in [0.25, 0.3) is 0 Å². The number of rotatable bonds is 2. The first kappa shape index (κ1) is 11.7. The van der Waals surface area contributed by atoms with E-state index in [0.717, 1.165) is 26.2 Å². The van der Waals surface area contributed by atoms with Gasteiger partial charge in [0.1, 0.15) is 0 Å². The first-order valence-electron chi connectivity index (χ1n) is 5.00. The van der Waals surface area contributed by atoms with Crippen LogP contribution in [0.5, 0.6) is 0 Å². The fraction of sp³-hybridized carbons (Fsp3) is 0.600. The summed E-state index contributed by atoms with van der Waals surface area (Å²) in [5.74, 6) is -0.214. The zero-order valence-corrected chi connectivity index (χ0v) is 9.19. The van der Waals surface area contributed by atoms with Crippen LogP contribution in [0.15, 0.2) is 12.3 Å². The van der Waals surface area contributed by atoms with Gasteiger partial charge in [0, 0.05) is 45.4 Å². The van der Waals surface area contributed by atoms with E-state index in [-0.39, 0.29) is 11.8 Å². The summed E-state index contributed by atoms with van der Waals surface area (Å²) in [6.45, 7) is 4.71. The van der Waals surface area contributed by atoms with E-state index in [1.165, 1.54) is 19.2 Å². The van der Waals surface area contributed by atoms with Crippen LogP contribution in [0.25, 0.3) is 0 Å². The lowest BCUT2D eigenvalue weighted by atomic mass is 10.3. The first-order valence-corrected chi connectivity index (χ1v) is 5.00. The van der Waals surface area contributed by atoms with Crippen molar-refractivity contribution in [3.63, 3.8) is 0 Å². The average molecular weight is 211 g/mol. The van der Waals surface area contributed by atoms with Crippen molar-refractivity contribution in [3.05, 3.63) is 12.3 Å². The van der Waals surface area contributed by atoms with Crippen LogP contribution in [0.2, 0.25) is 0 Å². The van der Waals surface area contributed by atoms with Crippen molar-refractivity contribution in [2.75, 3.05) is 33.2 Å². The van der Waals surface area contributed by atoms with Crippen LogP contribution in [0.1, 0.15) is 6.92 Å². The molecule has 0 radical (unpaired) electrons. The van der Waals surface area contributed by atoms with Crippen LogP contribution in [0, 0.1) is 0 Å². The lowest BCUT2D eigenvalue weighted by Crippen LogP contribution is -2.46. The first-order chi connectivity index (χ1) is 7.09.